The number of anilines is 1. The van der Waals surface area contributed by atoms with Gasteiger partial charge >= 0.3 is 12.0 Å². The van der Waals surface area contributed by atoms with Crippen LogP contribution in [0.4, 0.5) is 10.7 Å². The number of amides is 2. The zero-order valence-electron chi connectivity index (χ0n) is 10.2. The molecule has 0 bridgehead atoms. The maximum atomic E-state index is 11.9. The van der Waals surface area contributed by atoms with Gasteiger partial charge in [-0.15, -0.1) is 5.10 Å². The number of carboxylic acids is 1. The molecule has 8 nitrogen and oxygen atoms in total. The van der Waals surface area contributed by atoms with Gasteiger partial charge in [-0.3, -0.25) is 10.1 Å². The third-order valence-electron chi connectivity index (χ3n) is 2.30. The van der Waals surface area contributed by atoms with Crippen molar-refractivity contribution in [3.63, 3.8) is 0 Å². The monoisotopic (exact) mass is 253 g/mol. The van der Waals surface area contributed by atoms with E-state index in [-0.39, 0.29) is 12.4 Å². The first-order valence-corrected chi connectivity index (χ1v) is 5.47. The van der Waals surface area contributed by atoms with E-state index in [1.54, 1.807) is 13.8 Å². The van der Waals surface area contributed by atoms with Gasteiger partial charge in [0.05, 0.1) is 18.8 Å². The van der Waals surface area contributed by atoms with Gasteiger partial charge in [0.15, 0.2) is 0 Å². The SMILES string of the molecule is CCN(C(=O)Nc1nccnn1)C(C)CC(=O)O. The Balaban J connectivity index is 2.65. The average molecular weight is 253 g/mol. The molecule has 0 spiro atoms. The molecule has 0 saturated heterocycles. The van der Waals surface area contributed by atoms with E-state index < -0.39 is 18.0 Å². The summed E-state index contributed by atoms with van der Waals surface area (Å²) in [6.07, 6.45) is 2.68. The number of rotatable bonds is 5. The Morgan fingerprint density at radius 2 is 2.22 bits per heavy atom. The van der Waals surface area contributed by atoms with Crippen LogP contribution in [-0.4, -0.2) is 49.8 Å². The highest BCUT2D eigenvalue weighted by Gasteiger charge is 2.21. The van der Waals surface area contributed by atoms with Gasteiger partial charge < -0.3 is 10.0 Å². The Hall–Kier alpha value is -2.25. The lowest BCUT2D eigenvalue weighted by molar-refractivity contribution is -0.137. The third kappa shape index (κ3) is 3.96. The summed E-state index contributed by atoms with van der Waals surface area (Å²) in [4.78, 5) is 27.7. The van der Waals surface area contributed by atoms with Gasteiger partial charge in [-0.25, -0.2) is 9.78 Å². The van der Waals surface area contributed by atoms with Crippen LogP contribution in [0.5, 0.6) is 0 Å². The summed E-state index contributed by atoms with van der Waals surface area (Å²) < 4.78 is 0. The minimum absolute atomic E-state index is 0.0866. The lowest BCUT2D eigenvalue weighted by Gasteiger charge is -2.26. The molecule has 0 aliphatic heterocycles. The number of hydrogen-bond acceptors (Lipinski definition) is 5. The van der Waals surface area contributed by atoms with E-state index in [4.69, 9.17) is 5.11 Å². The summed E-state index contributed by atoms with van der Waals surface area (Å²) in [5.41, 5.74) is 0. The van der Waals surface area contributed by atoms with Crippen molar-refractivity contribution in [2.45, 2.75) is 26.3 Å². The molecule has 0 aliphatic carbocycles. The molecule has 1 aromatic heterocycles. The van der Waals surface area contributed by atoms with E-state index in [9.17, 15) is 9.59 Å². The van der Waals surface area contributed by atoms with Crippen LogP contribution in [0.1, 0.15) is 20.3 Å². The van der Waals surface area contributed by atoms with Crippen molar-refractivity contribution < 1.29 is 14.7 Å². The highest BCUT2D eigenvalue weighted by molar-refractivity contribution is 5.87. The summed E-state index contributed by atoms with van der Waals surface area (Å²) in [5, 5.41) is 18.4. The summed E-state index contributed by atoms with van der Waals surface area (Å²) in [7, 11) is 0. The number of carbonyl (C=O) groups is 2. The van der Waals surface area contributed by atoms with E-state index in [0.29, 0.717) is 6.54 Å². The van der Waals surface area contributed by atoms with Crippen LogP contribution < -0.4 is 5.32 Å². The van der Waals surface area contributed by atoms with E-state index >= 15 is 0 Å². The number of carboxylic acid groups (broad SMARTS) is 1. The van der Waals surface area contributed by atoms with Crippen LogP contribution >= 0.6 is 0 Å². The minimum atomic E-state index is -0.952. The number of nitrogens with one attached hydrogen (secondary N) is 1. The summed E-state index contributed by atoms with van der Waals surface area (Å²) in [5.74, 6) is -0.866. The Labute approximate surface area is 104 Å². The Morgan fingerprint density at radius 3 is 2.72 bits per heavy atom. The number of carbonyl (C=O) groups excluding carboxylic acids is 1. The number of aromatic nitrogens is 3. The number of hydrogen-bond donors (Lipinski definition) is 2. The molecule has 1 atom stereocenters. The molecule has 0 aliphatic rings. The van der Waals surface area contributed by atoms with Gasteiger partial charge in [-0.2, -0.15) is 5.10 Å². The van der Waals surface area contributed by atoms with E-state index in [1.165, 1.54) is 17.3 Å². The maximum absolute atomic E-state index is 11.9. The highest BCUT2D eigenvalue weighted by Crippen LogP contribution is 2.06. The zero-order valence-corrected chi connectivity index (χ0v) is 10.2. The standard InChI is InChI=1S/C10H15N5O3/c1-3-15(7(2)6-8(16)17)10(18)13-9-11-4-5-12-14-9/h4-5,7H,3,6H2,1-2H3,(H,16,17)(H,11,13,14,18). The fourth-order valence-electron chi connectivity index (χ4n) is 1.49. The van der Waals surface area contributed by atoms with E-state index in [2.05, 4.69) is 20.5 Å². The van der Waals surface area contributed by atoms with Crippen molar-refractivity contribution in [2.24, 2.45) is 0 Å². The Bertz CT molecular complexity index is 411. The largest absolute Gasteiger partial charge is 0.481 e. The van der Waals surface area contributed by atoms with Crippen molar-refractivity contribution in [3.05, 3.63) is 12.4 Å². The van der Waals surface area contributed by atoms with Gasteiger partial charge in [0, 0.05) is 12.6 Å². The second kappa shape index (κ2) is 6.48. The maximum Gasteiger partial charge on any atom is 0.324 e. The van der Waals surface area contributed by atoms with Crippen LogP contribution in [0.25, 0.3) is 0 Å². The predicted octanol–water partition coefficient (Wildman–Crippen LogP) is 0.589. The van der Waals surface area contributed by atoms with Gasteiger partial charge in [-0.05, 0) is 13.8 Å². The molecule has 8 heteroatoms. The second-order valence-electron chi connectivity index (χ2n) is 3.63. The highest BCUT2D eigenvalue weighted by atomic mass is 16.4. The summed E-state index contributed by atoms with van der Waals surface area (Å²) in [6, 6.07) is -0.858. The zero-order chi connectivity index (χ0) is 13.5. The lowest BCUT2D eigenvalue weighted by Crippen LogP contribution is -2.42. The average Bonchev–Trinajstić information content (AvgIpc) is 2.30. The molecule has 0 radical (unpaired) electrons. The quantitative estimate of drug-likeness (QED) is 0.794. The smallest absolute Gasteiger partial charge is 0.324 e. The van der Waals surface area contributed by atoms with Crippen LogP contribution in [0.3, 0.4) is 0 Å². The van der Waals surface area contributed by atoms with Crippen molar-refractivity contribution in [1.82, 2.24) is 20.1 Å². The van der Waals surface area contributed by atoms with Gasteiger partial charge in [0.25, 0.3) is 5.95 Å². The van der Waals surface area contributed by atoms with Crippen LogP contribution in [0, 0.1) is 0 Å². The Morgan fingerprint density at radius 1 is 1.50 bits per heavy atom. The predicted molar refractivity (Wildman–Crippen MR) is 62.9 cm³/mol. The molecular weight excluding hydrogens is 238 g/mol. The molecule has 2 amide bonds. The van der Waals surface area contributed by atoms with Crippen LogP contribution in [0.2, 0.25) is 0 Å². The van der Waals surface area contributed by atoms with Gasteiger partial charge in [0.1, 0.15) is 0 Å². The molecule has 1 aromatic rings. The molecule has 1 heterocycles. The molecule has 0 saturated carbocycles. The van der Waals surface area contributed by atoms with Crippen molar-refractivity contribution in [3.8, 4) is 0 Å². The first-order chi connectivity index (χ1) is 8.54. The fraction of sp³-hybridized carbons (Fsp3) is 0.500. The van der Waals surface area contributed by atoms with Crippen molar-refractivity contribution in [1.29, 1.82) is 0 Å². The molecular formula is C10H15N5O3. The summed E-state index contributed by atoms with van der Waals surface area (Å²) >= 11 is 0. The first-order valence-electron chi connectivity index (χ1n) is 5.47. The van der Waals surface area contributed by atoms with Crippen LogP contribution in [-0.2, 0) is 4.79 Å². The second-order valence-corrected chi connectivity index (χ2v) is 3.63. The molecule has 0 aromatic carbocycles. The topological polar surface area (TPSA) is 108 Å². The Kier molecular flexibility index (Phi) is 4.97. The molecule has 98 valence electrons. The molecule has 1 rings (SSSR count). The normalized spacial score (nSPS) is 11.7. The van der Waals surface area contributed by atoms with Crippen LogP contribution in [0.15, 0.2) is 12.4 Å². The summed E-state index contributed by atoms with van der Waals surface area (Å²) in [6.45, 7) is 3.82. The van der Waals surface area contributed by atoms with Gasteiger partial charge in [0.2, 0.25) is 0 Å². The first kappa shape index (κ1) is 13.8. The van der Waals surface area contributed by atoms with Crippen molar-refractivity contribution in [2.75, 3.05) is 11.9 Å². The fourth-order valence-corrected chi connectivity index (χ4v) is 1.49. The molecule has 1 unspecified atom stereocenters. The molecule has 18 heavy (non-hydrogen) atoms. The minimum Gasteiger partial charge on any atom is -0.481 e. The molecule has 2 N–H and O–H groups in total. The van der Waals surface area contributed by atoms with Gasteiger partial charge in [-0.1, -0.05) is 0 Å². The molecule has 0 fully saturated rings. The van der Waals surface area contributed by atoms with E-state index in [1.807, 2.05) is 0 Å². The lowest BCUT2D eigenvalue weighted by atomic mass is 10.2. The van der Waals surface area contributed by atoms with Crippen molar-refractivity contribution >= 4 is 17.9 Å². The number of urea groups is 1. The third-order valence-corrected chi connectivity index (χ3v) is 2.30. The van der Waals surface area contributed by atoms with E-state index in [0.717, 1.165) is 0 Å². The number of aliphatic carboxylic acids is 1. The number of nitrogens with zero attached hydrogens (tertiary/aromatic N) is 4.